The van der Waals surface area contributed by atoms with Gasteiger partial charge in [-0.2, -0.15) is 0 Å². The number of hydrogen-bond donors (Lipinski definition) is 2. The minimum absolute atomic E-state index is 0.321. The second-order valence-corrected chi connectivity index (χ2v) is 5.64. The molecule has 1 aromatic heterocycles. The van der Waals surface area contributed by atoms with Gasteiger partial charge in [-0.15, -0.1) is 0 Å². The number of nitrogens with zero attached hydrogens (tertiary/aromatic N) is 3. The second kappa shape index (κ2) is 6.10. The maximum atomic E-state index is 5.62. The fourth-order valence-electron chi connectivity index (χ4n) is 2.42. The molecule has 0 atom stereocenters. The van der Waals surface area contributed by atoms with E-state index < -0.39 is 0 Å². The van der Waals surface area contributed by atoms with E-state index in [4.69, 9.17) is 5.84 Å². The van der Waals surface area contributed by atoms with E-state index in [1.165, 1.54) is 0 Å². The van der Waals surface area contributed by atoms with Gasteiger partial charge in [0.25, 0.3) is 0 Å². The molecule has 0 spiro atoms. The van der Waals surface area contributed by atoms with Gasteiger partial charge in [0, 0.05) is 36.6 Å². The highest BCUT2D eigenvalue weighted by Gasteiger charge is 2.15. The first-order valence-electron chi connectivity index (χ1n) is 7.07. The van der Waals surface area contributed by atoms with Gasteiger partial charge in [-0.25, -0.2) is 15.8 Å². The van der Waals surface area contributed by atoms with Crippen molar-refractivity contribution < 1.29 is 0 Å². The van der Waals surface area contributed by atoms with Crippen molar-refractivity contribution in [1.29, 1.82) is 0 Å². The first-order chi connectivity index (χ1) is 9.93. The monoisotopic (exact) mass is 285 g/mol. The number of nitrogens with one attached hydrogen (secondary N) is 1. The van der Waals surface area contributed by atoms with E-state index in [2.05, 4.69) is 46.3 Å². The highest BCUT2D eigenvalue weighted by atomic mass is 15.3. The third kappa shape index (κ3) is 3.13. The van der Waals surface area contributed by atoms with Crippen LogP contribution in [0.15, 0.2) is 24.3 Å². The largest absolute Gasteiger partial charge is 0.378 e. The van der Waals surface area contributed by atoms with Crippen molar-refractivity contribution in [1.82, 2.24) is 9.97 Å². The summed E-state index contributed by atoms with van der Waals surface area (Å²) in [6.07, 6.45) is 0. The molecule has 0 aliphatic rings. The SMILES string of the molecule is Cc1nc(-c2ccc(N(C)C)cc2)nc(NN)c1C(C)C. The van der Waals surface area contributed by atoms with E-state index in [0.717, 1.165) is 22.5 Å². The summed E-state index contributed by atoms with van der Waals surface area (Å²) in [4.78, 5) is 11.2. The van der Waals surface area contributed by atoms with Crippen LogP contribution in [-0.2, 0) is 0 Å². The van der Waals surface area contributed by atoms with Crippen molar-refractivity contribution >= 4 is 11.5 Å². The van der Waals surface area contributed by atoms with Gasteiger partial charge in [-0.1, -0.05) is 13.8 Å². The molecule has 2 rings (SSSR count). The van der Waals surface area contributed by atoms with Gasteiger partial charge in [0.05, 0.1) is 0 Å². The number of nitrogen functional groups attached to an aromatic ring is 1. The van der Waals surface area contributed by atoms with Crippen LogP contribution < -0.4 is 16.2 Å². The molecule has 1 aromatic carbocycles. The minimum Gasteiger partial charge on any atom is -0.378 e. The topological polar surface area (TPSA) is 67.1 Å². The maximum Gasteiger partial charge on any atom is 0.161 e. The third-order valence-electron chi connectivity index (χ3n) is 3.49. The molecular formula is C16H23N5. The lowest BCUT2D eigenvalue weighted by Crippen LogP contribution is -2.14. The first kappa shape index (κ1) is 15.3. The van der Waals surface area contributed by atoms with Crippen molar-refractivity contribution in [2.75, 3.05) is 24.4 Å². The fraction of sp³-hybridized carbons (Fsp3) is 0.375. The minimum atomic E-state index is 0.321. The standard InChI is InChI=1S/C16H23N5/c1-10(2)14-11(3)18-15(19-16(14)20-17)12-6-8-13(9-7-12)21(4)5/h6-10H,17H2,1-5H3,(H,18,19,20). The van der Waals surface area contributed by atoms with Gasteiger partial charge >= 0.3 is 0 Å². The number of hydrogen-bond acceptors (Lipinski definition) is 5. The zero-order valence-corrected chi connectivity index (χ0v) is 13.3. The van der Waals surface area contributed by atoms with Crippen LogP contribution in [0.2, 0.25) is 0 Å². The summed E-state index contributed by atoms with van der Waals surface area (Å²) in [5.74, 6) is 7.33. The molecule has 0 aliphatic heterocycles. The van der Waals surface area contributed by atoms with Crippen LogP contribution in [0.4, 0.5) is 11.5 Å². The molecule has 3 N–H and O–H groups in total. The lowest BCUT2D eigenvalue weighted by molar-refractivity contribution is 0.832. The Morgan fingerprint density at radius 3 is 2.19 bits per heavy atom. The number of anilines is 2. The van der Waals surface area contributed by atoms with Crippen LogP contribution in [0, 0.1) is 6.92 Å². The summed E-state index contributed by atoms with van der Waals surface area (Å²) in [7, 11) is 4.03. The number of aryl methyl sites for hydroxylation is 1. The number of nitrogens with two attached hydrogens (primary N) is 1. The van der Waals surface area contributed by atoms with Gasteiger partial charge in [-0.3, -0.25) is 0 Å². The predicted octanol–water partition coefficient (Wildman–Crippen LogP) is 2.93. The zero-order valence-electron chi connectivity index (χ0n) is 13.3. The van der Waals surface area contributed by atoms with E-state index in [0.29, 0.717) is 17.6 Å². The molecule has 0 saturated heterocycles. The number of rotatable bonds is 4. The molecule has 0 fully saturated rings. The van der Waals surface area contributed by atoms with Gasteiger partial charge in [0.2, 0.25) is 0 Å². The van der Waals surface area contributed by atoms with Crippen molar-refractivity contribution in [2.45, 2.75) is 26.7 Å². The normalized spacial score (nSPS) is 10.8. The molecule has 5 heteroatoms. The number of benzene rings is 1. The molecule has 2 aromatic rings. The number of hydrazine groups is 1. The second-order valence-electron chi connectivity index (χ2n) is 5.64. The van der Waals surface area contributed by atoms with Crippen LogP contribution in [0.3, 0.4) is 0 Å². The van der Waals surface area contributed by atoms with Crippen LogP contribution in [-0.4, -0.2) is 24.1 Å². The Balaban J connectivity index is 2.47. The van der Waals surface area contributed by atoms with Crippen molar-refractivity contribution in [3.63, 3.8) is 0 Å². The Labute approximate surface area is 126 Å². The summed E-state index contributed by atoms with van der Waals surface area (Å²) >= 11 is 0. The fourth-order valence-corrected chi connectivity index (χ4v) is 2.42. The molecule has 5 nitrogen and oxygen atoms in total. The van der Waals surface area contributed by atoms with E-state index in [-0.39, 0.29) is 0 Å². The maximum absolute atomic E-state index is 5.62. The molecule has 21 heavy (non-hydrogen) atoms. The van der Waals surface area contributed by atoms with E-state index in [1.807, 2.05) is 33.2 Å². The van der Waals surface area contributed by atoms with E-state index in [9.17, 15) is 0 Å². The van der Waals surface area contributed by atoms with Crippen molar-refractivity contribution in [3.8, 4) is 11.4 Å². The Hall–Kier alpha value is -2.14. The average Bonchev–Trinajstić information content (AvgIpc) is 2.45. The van der Waals surface area contributed by atoms with E-state index >= 15 is 0 Å². The molecule has 0 bridgehead atoms. The molecule has 0 saturated carbocycles. The predicted molar refractivity (Wildman–Crippen MR) is 88.4 cm³/mol. The van der Waals surface area contributed by atoms with Crippen LogP contribution in [0.5, 0.6) is 0 Å². The van der Waals surface area contributed by atoms with Gasteiger partial charge in [-0.05, 0) is 37.1 Å². The quantitative estimate of drug-likeness (QED) is 0.668. The lowest BCUT2D eigenvalue weighted by Gasteiger charge is -2.16. The molecular weight excluding hydrogens is 262 g/mol. The third-order valence-corrected chi connectivity index (χ3v) is 3.49. The Morgan fingerprint density at radius 2 is 1.71 bits per heavy atom. The molecule has 0 radical (unpaired) electrons. The summed E-state index contributed by atoms with van der Waals surface area (Å²) in [6, 6.07) is 8.17. The van der Waals surface area contributed by atoms with Gasteiger partial charge in [0.1, 0.15) is 5.82 Å². The Bertz CT molecular complexity index is 617. The molecule has 0 aliphatic carbocycles. The smallest absolute Gasteiger partial charge is 0.161 e. The van der Waals surface area contributed by atoms with Gasteiger partial charge < -0.3 is 10.3 Å². The zero-order chi connectivity index (χ0) is 15.6. The van der Waals surface area contributed by atoms with Crippen LogP contribution >= 0.6 is 0 Å². The molecule has 0 amide bonds. The molecule has 1 heterocycles. The summed E-state index contributed by atoms with van der Waals surface area (Å²) in [5.41, 5.74) is 6.84. The van der Waals surface area contributed by atoms with Crippen molar-refractivity contribution in [3.05, 3.63) is 35.5 Å². The van der Waals surface area contributed by atoms with Crippen molar-refractivity contribution in [2.24, 2.45) is 5.84 Å². The molecule has 112 valence electrons. The summed E-state index contributed by atoms with van der Waals surface area (Å²) < 4.78 is 0. The van der Waals surface area contributed by atoms with Crippen LogP contribution in [0.1, 0.15) is 31.0 Å². The summed E-state index contributed by atoms with van der Waals surface area (Å²) in [5, 5.41) is 0. The highest BCUT2D eigenvalue weighted by Crippen LogP contribution is 2.28. The highest BCUT2D eigenvalue weighted by molar-refractivity contribution is 5.63. The van der Waals surface area contributed by atoms with Crippen LogP contribution in [0.25, 0.3) is 11.4 Å². The lowest BCUT2D eigenvalue weighted by atomic mass is 10.0. The average molecular weight is 285 g/mol. The van der Waals surface area contributed by atoms with E-state index in [1.54, 1.807) is 0 Å². The Morgan fingerprint density at radius 1 is 1.10 bits per heavy atom. The summed E-state index contributed by atoms with van der Waals surface area (Å²) in [6.45, 7) is 6.21. The Kier molecular flexibility index (Phi) is 4.43. The number of aromatic nitrogens is 2. The van der Waals surface area contributed by atoms with Gasteiger partial charge in [0.15, 0.2) is 5.82 Å². The first-order valence-corrected chi connectivity index (χ1v) is 7.07. The molecule has 0 unspecified atom stereocenters.